The molecule has 5 nitrogen and oxygen atoms in total. The largest absolute Gasteiger partial charge is 0.325 e. The van der Waals surface area contributed by atoms with Gasteiger partial charge in [0.15, 0.2) is 0 Å². The topological polar surface area (TPSA) is 72.2 Å². The average molecular weight is 305 g/mol. The van der Waals surface area contributed by atoms with E-state index in [-0.39, 0.29) is 18.0 Å². The van der Waals surface area contributed by atoms with E-state index in [1.165, 1.54) is 12.1 Å². The van der Waals surface area contributed by atoms with Crippen molar-refractivity contribution in [2.24, 2.45) is 0 Å². The van der Waals surface area contributed by atoms with Gasteiger partial charge in [0.25, 0.3) is 5.69 Å². The summed E-state index contributed by atoms with van der Waals surface area (Å²) < 4.78 is 0. The number of anilines is 1. The molecule has 2 aromatic rings. The number of nitro benzene ring substituents is 1. The molecule has 0 heterocycles. The first-order chi connectivity index (χ1) is 9.99. The Labute approximate surface area is 126 Å². The molecule has 21 heavy (non-hydrogen) atoms. The summed E-state index contributed by atoms with van der Waals surface area (Å²) in [4.78, 5) is 22.4. The smallest absolute Gasteiger partial charge is 0.274 e. The Bertz CT molecular complexity index is 701. The zero-order valence-corrected chi connectivity index (χ0v) is 12.1. The number of rotatable bonds is 4. The van der Waals surface area contributed by atoms with Crippen LogP contribution in [0.25, 0.3) is 0 Å². The number of nitrogens with zero attached hydrogens (tertiary/aromatic N) is 1. The minimum absolute atomic E-state index is 0.0226. The third kappa shape index (κ3) is 3.58. The average Bonchev–Trinajstić information content (AvgIpc) is 2.43. The van der Waals surface area contributed by atoms with Gasteiger partial charge < -0.3 is 5.32 Å². The van der Waals surface area contributed by atoms with Gasteiger partial charge in [-0.25, -0.2) is 0 Å². The highest BCUT2D eigenvalue weighted by Crippen LogP contribution is 2.25. The molecule has 0 aliphatic heterocycles. The van der Waals surface area contributed by atoms with Gasteiger partial charge in [0.05, 0.1) is 22.6 Å². The molecule has 0 bridgehead atoms. The van der Waals surface area contributed by atoms with Crippen LogP contribution in [0.5, 0.6) is 0 Å². The van der Waals surface area contributed by atoms with E-state index >= 15 is 0 Å². The van der Waals surface area contributed by atoms with E-state index in [1.54, 1.807) is 37.3 Å². The molecule has 0 unspecified atom stereocenters. The molecular formula is C15H13ClN2O3. The molecule has 1 amide bonds. The number of halogens is 1. The van der Waals surface area contributed by atoms with Crippen molar-refractivity contribution in [2.45, 2.75) is 13.3 Å². The maximum atomic E-state index is 12.0. The van der Waals surface area contributed by atoms with Crippen LogP contribution in [0, 0.1) is 17.0 Å². The molecule has 0 saturated heterocycles. The molecule has 6 heteroatoms. The number of hydrogen-bond donors (Lipinski definition) is 1. The highest BCUT2D eigenvalue weighted by Gasteiger charge is 2.15. The summed E-state index contributed by atoms with van der Waals surface area (Å²) in [5.74, 6) is -0.272. The molecule has 108 valence electrons. The van der Waals surface area contributed by atoms with Gasteiger partial charge in [-0.3, -0.25) is 14.9 Å². The third-order valence-electron chi connectivity index (χ3n) is 3.08. The van der Waals surface area contributed by atoms with Gasteiger partial charge in [-0.15, -0.1) is 0 Å². The lowest BCUT2D eigenvalue weighted by molar-refractivity contribution is -0.385. The normalized spacial score (nSPS) is 10.2. The van der Waals surface area contributed by atoms with Gasteiger partial charge in [-0.2, -0.15) is 0 Å². The maximum absolute atomic E-state index is 12.0. The van der Waals surface area contributed by atoms with Crippen molar-refractivity contribution in [1.82, 2.24) is 0 Å². The maximum Gasteiger partial charge on any atom is 0.274 e. The molecule has 0 spiro atoms. The number of amides is 1. The molecule has 0 aliphatic carbocycles. The van der Waals surface area contributed by atoms with E-state index < -0.39 is 4.92 Å². The monoisotopic (exact) mass is 304 g/mol. The first-order valence-corrected chi connectivity index (χ1v) is 6.64. The minimum atomic E-state index is -0.473. The standard InChI is InChI=1S/C15H13ClN2O3/c1-10-13(7-4-8-14(10)18(20)21)17-15(19)9-11-5-2-3-6-12(11)16/h2-8H,9H2,1H3,(H,17,19). The molecule has 1 N–H and O–H groups in total. The van der Waals surface area contributed by atoms with Crippen LogP contribution in [0.1, 0.15) is 11.1 Å². The van der Waals surface area contributed by atoms with Gasteiger partial charge in [0, 0.05) is 11.1 Å². The van der Waals surface area contributed by atoms with E-state index in [9.17, 15) is 14.9 Å². The first-order valence-electron chi connectivity index (χ1n) is 6.26. The van der Waals surface area contributed by atoms with Crippen LogP contribution in [-0.4, -0.2) is 10.8 Å². The van der Waals surface area contributed by atoms with Crippen LogP contribution in [-0.2, 0) is 11.2 Å². The summed E-state index contributed by atoms with van der Waals surface area (Å²) in [6.07, 6.45) is 0.113. The molecule has 0 atom stereocenters. The lowest BCUT2D eigenvalue weighted by Gasteiger charge is -2.09. The van der Waals surface area contributed by atoms with Crippen LogP contribution in [0.4, 0.5) is 11.4 Å². The lowest BCUT2D eigenvalue weighted by Crippen LogP contribution is -2.15. The predicted octanol–water partition coefficient (Wildman–Crippen LogP) is 3.74. The zero-order valence-electron chi connectivity index (χ0n) is 11.3. The Morgan fingerprint density at radius 2 is 1.95 bits per heavy atom. The van der Waals surface area contributed by atoms with E-state index in [0.717, 1.165) is 0 Å². The molecule has 0 fully saturated rings. The number of hydrogen-bond acceptors (Lipinski definition) is 3. The Morgan fingerprint density at radius 1 is 1.24 bits per heavy atom. The van der Waals surface area contributed by atoms with Crippen LogP contribution in [0.3, 0.4) is 0 Å². The van der Waals surface area contributed by atoms with Crippen molar-refractivity contribution in [3.63, 3.8) is 0 Å². The molecule has 0 radical (unpaired) electrons. The fraction of sp³-hybridized carbons (Fsp3) is 0.133. The summed E-state index contributed by atoms with van der Waals surface area (Å²) in [5.41, 5.74) is 1.54. The summed E-state index contributed by atoms with van der Waals surface area (Å²) in [6, 6.07) is 11.6. The van der Waals surface area contributed by atoms with E-state index in [0.29, 0.717) is 21.8 Å². The molecule has 0 saturated carbocycles. The SMILES string of the molecule is Cc1c(NC(=O)Cc2ccccc2Cl)cccc1[N+](=O)[O-]. The Kier molecular flexibility index (Phi) is 4.55. The quantitative estimate of drug-likeness (QED) is 0.691. The molecule has 0 aromatic heterocycles. The lowest BCUT2D eigenvalue weighted by atomic mass is 10.1. The van der Waals surface area contributed by atoms with Crippen LogP contribution in [0.15, 0.2) is 42.5 Å². The Morgan fingerprint density at radius 3 is 2.62 bits per heavy atom. The summed E-state index contributed by atoms with van der Waals surface area (Å²) in [5, 5.41) is 14.1. The molecule has 2 aromatic carbocycles. The van der Waals surface area contributed by atoms with Crippen LogP contribution < -0.4 is 5.32 Å². The predicted molar refractivity (Wildman–Crippen MR) is 81.6 cm³/mol. The second kappa shape index (κ2) is 6.37. The summed E-state index contributed by atoms with van der Waals surface area (Å²) >= 11 is 6.00. The van der Waals surface area contributed by atoms with E-state index in [4.69, 9.17) is 11.6 Å². The van der Waals surface area contributed by atoms with Gasteiger partial charge in [0.1, 0.15) is 0 Å². The van der Waals surface area contributed by atoms with Crippen molar-refractivity contribution in [3.8, 4) is 0 Å². The summed E-state index contributed by atoms with van der Waals surface area (Å²) in [7, 11) is 0. The Hall–Kier alpha value is -2.40. The first kappa shape index (κ1) is 15.0. The number of carbonyl (C=O) groups is 1. The van der Waals surface area contributed by atoms with Crippen molar-refractivity contribution >= 4 is 28.9 Å². The van der Waals surface area contributed by atoms with Gasteiger partial charge in [-0.1, -0.05) is 35.9 Å². The van der Waals surface area contributed by atoms with Gasteiger partial charge >= 0.3 is 0 Å². The number of nitrogens with one attached hydrogen (secondary N) is 1. The van der Waals surface area contributed by atoms with E-state index in [1.807, 2.05) is 0 Å². The highest BCUT2D eigenvalue weighted by molar-refractivity contribution is 6.31. The van der Waals surface area contributed by atoms with Gasteiger partial charge in [-0.05, 0) is 24.6 Å². The third-order valence-corrected chi connectivity index (χ3v) is 3.45. The van der Waals surface area contributed by atoms with Gasteiger partial charge in [0.2, 0.25) is 5.91 Å². The fourth-order valence-electron chi connectivity index (χ4n) is 1.97. The van der Waals surface area contributed by atoms with Crippen molar-refractivity contribution in [2.75, 3.05) is 5.32 Å². The highest BCUT2D eigenvalue weighted by atomic mass is 35.5. The van der Waals surface area contributed by atoms with E-state index in [2.05, 4.69) is 5.32 Å². The summed E-state index contributed by atoms with van der Waals surface area (Å²) in [6.45, 7) is 1.60. The second-order valence-electron chi connectivity index (χ2n) is 4.52. The van der Waals surface area contributed by atoms with Crippen molar-refractivity contribution < 1.29 is 9.72 Å². The zero-order chi connectivity index (χ0) is 15.4. The minimum Gasteiger partial charge on any atom is -0.325 e. The van der Waals surface area contributed by atoms with Crippen molar-refractivity contribution in [3.05, 3.63) is 68.7 Å². The van der Waals surface area contributed by atoms with Crippen LogP contribution >= 0.6 is 11.6 Å². The van der Waals surface area contributed by atoms with Crippen molar-refractivity contribution in [1.29, 1.82) is 0 Å². The number of nitro groups is 1. The fourth-order valence-corrected chi connectivity index (χ4v) is 2.17. The molecular weight excluding hydrogens is 292 g/mol. The second-order valence-corrected chi connectivity index (χ2v) is 4.93. The number of benzene rings is 2. The van der Waals surface area contributed by atoms with Crippen LogP contribution in [0.2, 0.25) is 5.02 Å². The molecule has 2 rings (SSSR count). The number of carbonyl (C=O) groups excluding carboxylic acids is 1. The Balaban J connectivity index is 2.15. The molecule has 0 aliphatic rings.